The molecule has 0 aliphatic rings. The molecule has 0 aliphatic heterocycles. The highest BCUT2D eigenvalue weighted by Crippen LogP contribution is 2.17. The molecule has 6 nitrogen and oxygen atoms in total. The Morgan fingerprint density at radius 3 is 2.70 bits per heavy atom. The average molecular weight is 296 g/mol. The van der Waals surface area contributed by atoms with Crippen LogP contribution in [0.25, 0.3) is 0 Å². The van der Waals surface area contributed by atoms with Crippen LogP contribution in [-0.4, -0.2) is 18.5 Å². The van der Waals surface area contributed by atoms with Crippen LogP contribution < -0.4 is 4.72 Å². The third kappa shape index (κ3) is 3.24. The molecule has 0 amide bonds. The fourth-order valence-electron chi connectivity index (χ4n) is 1.75. The minimum Gasteiger partial charge on any atom is -0.445 e. The van der Waals surface area contributed by atoms with Crippen LogP contribution >= 0.6 is 0 Å². The van der Waals surface area contributed by atoms with Crippen LogP contribution in [0.2, 0.25) is 0 Å². The van der Waals surface area contributed by atoms with Crippen molar-refractivity contribution in [2.75, 3.05) is 0 Å². The molecule has 1 aromatic carbocycles. The maximum Gasteiger partial charge on any atom is 0.241 e. The van der Waals surface area contributed by atoms with Gasteiger partial charge in [-0.25, -0.2) is 18.1 Å². The first-order chi connectivity index (χ1) is 9.42. The summed E-state index contributed by atoms with van der Waals surface area (Å²) in [5.41, 5.74) is 1.15. The maximum atomic E-state index is 12.2. The molecule has 0 unspecified atom stereocenters. The highest BCUT2D eigenvalue weighted by Gasteiger charge is 2.18. The van der Waals surface area contributed by atoms with E-state index in [2.05, 4.69) is 9.71 Å². The van der Waals surface area contributed by atoms with Crippen LogP contribution in [0.15, 0.2) is 33.7 Å². The molecule has 0 saturated carbocycles. The lowest BCUT2D eigenvalue weighted by Crippen LogP contribution is -2.24. The molecule has 0 fully saturated rings. The Morgan fingerprint density at radius 1 is 1.35 bits per heavy atom. The van der Waals surface area contributed by atoms with Crippen molar-refractivity contribution in [3.05, 3.63) is 47.2 Å². The largest absolute Gasteiger partial charge is 0.445 e. The van der Waals surface area contributed by atoms with Gasteiger partial charge in [-0.2, -0.15) is 0 Å². The number of aliphatic hydroxyl groups excluding tert-OH is 1. The van der Waals surface area contributed by atoms with Crippen LogP contribution in [0.1, 0.15) is 22.8 Å². The van der Waals surface area contributed by atoms with Gasteiger partial charge in [0.15, 0.2) is 0 Å². The van der Waals surface area contributed by atoms with Crippen molar-refractivity contribution < 1.29 is 17.9 Å². The zero-order valence-electron chi connectivity index (χ0n) is 11.3. The summed E-state index contributed by atoms with van der Waals surface area (Å²) in [4.78, 5) is 4.08. The second-order valence-electron chi connectivity index (χ2n) is 4.45. The quantitative estimate of drug-likeness (QED) is 0.866. The molecular formula is C13H16N2O4S. The molecule has 2 rings (SSSR count). The molecule has 0 aliphatic carbocycles. The Bertz CT molecular complexity index is 707. The molecule has 0 saturated heterocycles. The lowest BCUT2D eigenvalue weighted by molar-refractivity contribution is 0.281. The van der Waals surface area contributed by atoms with Gasteiger partial charge in [0.2, 0.25) is 15.9 Å². The van der Waals surface area contributed by atoms with E-state index in [1.807, 2.05) is 0 Å². The van der Waals surface area contributed by atoms with Gasteiger partial charge in [-0.15, -0.1) is 0 Å². The Kier molecular flexibility index (Phi) is 4.22. The van der Waals surface area contributed by atoms with Crippen LogP contribution in [-0.2, 0) is 23.2 Å². The second-order valence-corrected chi connectivity index (χ2v) is 6.18. The number of nitrogens with zero attached hydrogens (tertiary/aromatic N) is 1. The molecule has 108 valence electrons. The number of hydrogen-bond acceptors (Lipinski definition) is 5. The first kappa shape index (κ1) is 14.7. The summed E-state index contributed by atoms with van der Waals surface area (Å²) in [5.74, 6) is 0.930. The highest BCUT2D eigenvalue weighted by molar-refractivity contribution is 7.89. The number of benzene rings is 1. The molecule has 1 aromatic heterocycles. The van der Waals surface area contributed by atoms with Gasteiger partial charge in [-0.05, 0) is 31.0 Å². The number of nitrogens with one attached hydrogen (secondary N) is 1. The molecule has 0 radical (unpaired) electrons. The molecule has 0 bridgehead atoms. The third-order valence-electron chi connectivity index (χ3n) is 2.81. The Morgan fingerprint density at radius 2 is 2.10 bits per heavy atom. The zero-order valence-corrected chi connectivity index (χ0v) is 12.1. The summed E-state index contributed by atoms with van der Waals surface area (Å²) in [7, 11) is -3.67. The van der Waals surface area contributed by atoms with Crippen molar-refractivity contribution in [2.45, 2.75) is 31.9 Å². The van der Waals surface area contributed by atoms with E-state index in [9.17, 15) is 8.42 Å². The summed E-state index contributed by atoms with van der Waals surface area (Å²) in [6.45, 7) is 3.21. The number of aromatic nitrogens is 1. The molecular weight excluding hydrogens is 280 g/mol. The van der Waals surface area contributed by atoms with Crippen LogP contribution in [0.5, 0.6) is 0 Å². The Balaban J connectivity index is 2.21. The summed E-state index contributed by atoms with van der Waals surface area (Å²) in [5, 5.41) is 9.09. The molecule has 2 N–H and O–H groups in total. The van der Waals surface area contributed by atoms with Crippen molar-refractivity contribution in [2.24, 2.45) is 0 Å². The number of hydrogen-bond donors (Lipinski definition) is 2. The van der Waals surface area contributed by atoms with Crippen LogP contribution in [0.4, 0.5) is 0 Å². The third-order valence-corrected chi connectivity index (χ3v) is 4.35. The SMILES string of the molecule is Cc1cnc(CNS(=O)(=O)c2cc(CO)ccc2C)o1. The van der Waals surface area contributed by atoms with E-state index in [1.165, 1.54) is 12.3 Å². The van der Waals surface area contributed by atoms with E-state index in [0.717, 1.165) is 0 Å². The average Bonchev–Trinajstić information content (AvgIpc) is 2.83. The van der Waals surface area contributed by atoms with Gasteiger partial charge in [0.1, 0.15) is 5.76 Å². The van der Waals surface area contributed by atoms with Crippen molar-refractivity contribution in [1.29, 1.82) is 0 Å². The van der Waals surface area contributed by atoms with E-state index in [1.54, 1.807) is 26.0 Å². The first-order valence-corrected chi connectivity index (χ1v) is 7.52. The number of sulfonamides is 1. The van der Waals surface area contributed by atoms with Crippen molar-refractivity contribution in [3.8, 4) is 0 Å². The van der Waals surface area contributed by atoms with Gasteiger partial charge in [-0.3, -0.25) is 0 Å². The van der Waals surface area contributed by atoms with E-state index < -0.39 is 10.0 Å². The number of aryl methyl sites for hydroxylation is 2. The molecule has 0 spiro atoms. The summed E-state index contributed by atoms with van der Waals surface area (Å²) >= 11 is 0. The summed E-state index contributed by atoms with van der Waals surface area (Å²) in [6.07, 6.45) is 1.53. The van der Waals surface area contributed by atoms with Gasteiger partial charge in [0, 0.05) is 0 Å². The molecule has 20 heavy (non-hydrogen) atoms. The van der Waals surface area contributed by atoms with E-state index in [-0.39, 0.29) is 18.0 Å². The van der Waals surface area contributed by atoms with E-state index in [0.29, 0.717) is 22.8 Å². The molecule has 7 heteroatoms. The number of oxazole rings is 1. The molecule has 2 aromatic rings. The van der Waals surface area contributed by atoms with Crippen molar-refractivity contribution >= 4 is 10.0 Å². The fraction of sp³-hybridized carbons (Fsp3) is 0.308. The molecule has 0 atom stereocenters. The summed E-state index contributed by atoms with van der Waals surface area (Å²) < 4.78 is 32.1. The van der Waals surface area contributed by atoms with Gasteiger partial charge in [0.25, 0.3) is 0 Å². The second kappa shape index (κ2) is 5.74. The highest BCUT2D eigenvalue weighted by atomic mass is 32.2. The smallest absolute Gasteiger partial charge is 0.241 e. The normalized spacial score (nSPS) is 11.8. The number of rotatable bonds is 5. The predicted molar refractivity (Wildman–Crippen MR) is 72.4 cm³/mol. The van der Waals surface area contributed by atoms with Crippen LogP contribution in [0.3, 0.4) is 0 Å². The number of aliphatic hydroxyl groups is 1. The monoisotopic (exact) mass is 296 g/mol. The maximum absolute atomic E-state index is 12.2. The van der Waals surface area contributed by atoms with Crippen LogP contribution in [0, 0.1) is 13.8 Å². The van der Waals surface area contributed by atoms with Gasteiger partial charge in [-0.1, -0.05) is 12.1 Å². The molecule has 1 heterocycles. The van der Waals surface area contributed by atoms with Crippen molar-refractivity contribution in [3.63, 3.8) is 0 Å². The lowest BCUT2D eigenvalue weighted by atomic mass is 10.2. The Labute approximate surface area is 117 Å². The van der Waals surface area contributed by atoms with Crippen molar-refractivity contribution in [1.82, 2.24) is 9.71 Å². The predicted octanol–water partition coefficient (Wildman–Crippen LogP) is 1.26. The minimum absolute atomic E-state index is 0.0149. The topological polar surface area (TPSA) is 92.4 Å². The Hall–Kier alpha value is -1.70. The fourth-order valence-corrected chi connectivity index (χ4v) is 3.02. The van der Waals surface area contributed by atoms with Gasteiger partial charge in [0.05, 0.1) is 24.2 Å². The lowest BCUT2D eigenvalue weighted by Gasteiger charge is -2.09. The van der Waals surface area contributed by atoms with E-state index in [4.69, 9.17) is 9.52 Å². The summed E-state index contributed by atoms with van der Waals surface area (Å²) in [6, 6.07) is 4.81. The van der Waals surface area contributed by atoms with E-state index >= 15 is 0 Å². The first-order valence-electron chi connectivity index (χ1n) is 6.04. The minimum atomic E-state index is -3.67. The standard InChI is InChI=1S/C13H16N2O4S/c1-9-3-4-11(8-16)5-12(9)20(17,18)15-7-13-14-6-10(2)19-13/h3-6,15-16H,7-8H2,1-2H3. The van der Waals surface area contributed by atoms with Gasteiger partial charge < -0.3 is 9.52 Å². The van der Waals surface area contributed by atoms with Gasteiger partial charge >= 0.3 is 0 Å². The zero-order chi connectivity index (χ0) is 14.8.